The van der Waals surface area contributed by atoms with Gasteiger partial charge in [-0.25, -0.2) is 27.3 Å². The van der Waals surface area contributed by atoms with Crippen LogP contribution < -0.4 is 5.32 Å². The number of halogens is 1. The SMILES string of the molecule is Cn1nc(-c2ccc(NC(=O)O)c(F)c2)c2cnc(S(C)(=O)=O)nc21. The van der Waals surface area contributed by atoms with Gasteiger partial charge in [0.2, 0.25) is 15.0 Å². The molecule has 3 aromatic rings. The van der Waals surface area contributed by atoms with Crippen LogP contribution in [-0.4, -0.2) is 45.6 Å². The number of carboxylic acid groups (broad SMARTS) is 1. The number of amides is 1. The first-order valence-electron chi connectivity index (χ1n) is 6.86. The fourth-order valence-corrected chi connectivity index (χ4v) is 2.79. The largest absolute Gasteiger partial charge is 0.465 e. The van der Waals surface area contributed by atoms with Crippen LogP contribution in [0.15, 0.2) is 29.6 Å². The highest BCUT2D eigenvalue weighted by atomic mass is 32.2. The molecular formula is C14H12FN5O4S. The predicted octanol–water partition coefficient (Wildman–Crippen LogP) is 1.66. The Hall–Kier alpha value is -3.08. The van der Waals surface area contributed by atoms with Crippen molar-refractivity contribution >= 4 is 32.7 Å². The zero-order chi connectivity index (χ0) is 18.4. The van der Waals surface area contributed by atoms with Crippen molar-refractivity contribution in [3.8, 4) is 11.3 Å². The lowest BCUT2D eigenvalue weighted by Gasteiger charge is -2.04. The van der Waals surface area contributed by atoms with Gasteiger partial charge in [0.25, 0.3) is 0 Å². The molecule has 2 aromatic heterocycles. The molecule has 0 bridgehead atoms. The molecule has 3 rings (SSSR count). The van der Waals surface area contributed by atoms with Crippen molar-refractivity contribution in [2.24, 2.45) is 7.05 Å². The molecule has 1 amide bonds. The molecule has 0 aliphatic heterocycles. The summed E-state index contributed by atoms with van der Waals surface area (Å²) in [5.41, 5.74) is 0.804. The van der Waals surface area contributed by atoms with E-state index >= 15 is 0 Å². The van der Waals surface area contributed by atoms with E-state index in [0.29, 0.717) is 16.6 Å². The van der Waals surface area contributed by atoms with Crippen LogP contribution in [0.25, 0.3) is 22.3 Å². The normalized spacial score (nSPS) is 11.6. The lowest BCUT2D eigenvalue weighted by atomic mass is 10.1. The number of aromatic nitrogens is 4. The summed E-state index contributed by atoms with van der Waals surface area (Å²) in [6.45, 7) is 0. The molecule has 2 heterocycles. The molecule has 1 aromatic carbocycles. The topological polar surface area (TPSA) is 127 Å². The van der Waals surface area contributed by atoms with Gasteiger partial charge in [-0.1, -0.05) is 6.07 Å². The molecule has 0 aliphatic rings. The van der Waals surface area contributed by atoms with Gasteiger partial charge in [-0.15, -0.1) is 0 Å². The Morgan fingerprint density at radius 1 is 1.36 bits per heavy atom. The van der Waals surface area contributed by atoms with E-state index in [1.165, 1.54) is 23.0 Å². The van der Waals surface area contributed by atoms with E-state index in [-0.39, 0.29) is 16.5 Å². The van der Waals surface area contributed by atoms with Gasteiger partial charge in [0.15, 0.2) is 5.65 Å². The van der Waals surface area contributed by atoms with Crippen LogP contribution in [0.3, 0.4) is 0 Å². The molecule has 130 valence electrons. The Morgan fingerprint density at radius 2 is 2.08 bits per heavy atom. The van der Waals surface area contributed by atoms with Crippen LogP contribution in [0.5, 0.6) is 0 Å². The maximum Gasteiger partial charge on any atom is 0.409 e. The molecule has 25 heavy (non-hydrogen) atoms. The van der Waals surface area contributed by atoms with Crippen molar-refractivity contribution in [3.63, 3.8) is 0 Å². The Bertz CT molecular complexity index is 1110. The molecule has 11 heteroatoms. The van der Waals surface area contributed by atoms with E-state index in [1.54, 1.807) is 7.05 Å². The van der Waals surface area contributed by atoms with Crippen LogP contribution in [0.2, 0.25) is 0 Å². The standard InChI is InChI=1S/C14H12FN5O4S/c1-20-12-8(6-16-13(18-12)25(2,23)24)11(19-20)7-3-4-10(9(15)5-7)17-14(21)22/h3-6,17H,1-2H3,(H,21,22). The number of carbonyl (C=O) groups is 1. The number of hydrogen-bond donors (Lipinski definition) is 2. The molecule has 0 atom stereocenters. The molecule has 0 aliphatic carbocycles. The first-order valence-corrected chi connectivity index (χ1v) is 8.75. The van der Waals surface area contributed by atoms with Crippen molar-refractivity contribution in [3.05, 3.63) is 30.2 Å². The maximum absolute atomic E-state index is 14.1. The smallest absolute Gasteiger partial charge is 0.409 e. The number of benzene rings is 1. The third-order valence-corrected chi connectivity index (χ3v) is 4.23. The van der Waals surface area contributed by atoms with Gasteiger partial charge in [-0.3, -0.25) is 5.32 Å². The van der Waals surface area contributed by atoms with E-state index < -0.39 is 21.7 Å². The lowest BCUT2D eigenvalue weighted by Crippen LogP contribution is -2.08. The Labute approximate surface area is 141 Å². The number of hydrogen-bond acceptors (Lipinski definition) is 6. The van der Waals surface area contributed by atoms with E-state index in [0.717, 1.165) is 12.3 Å². The minimum Gasteiger partial charge on any atom is -0.465 e. The fourth-order valence-electron chi connectivity index (χ4n) is 2.29. The Morgan fingerprint density at radius 3 is 2.68 bits per heavy atom. The molecule has 0 saturated heterocycles. The van der Waals surface area contributed by atoms with Gasteiger partial charge in [-0.2, -0.15) is 10.1 Å². The number of nitrogens with one attached hydrogen (secondary N) is 1. The fraction of sp³-hybridized carbons (Fsp3) is 0.143. The van der Waals surface area contributed by atoms with Crippen LogP contribution in [0, 0.1) is 5.82 Å². The summed E-state index contributed by atoms with van der Waals surface area (Å²) in [7, 11) is -2.01. The number of sulfone groups is 1. The second kappa shape index (κ2) is 5.77. The van der Waals surface area contributed by atoms with E-state index in [4.69, 9.17) is 5.11 Å². The number of rotatable bonds is 3. The predicted molar refractivity (Wildman–Crippen MR) is 86.5 cm³/mol. The van der Waals surface area contributed by atoms with Crippen LogP contribution >= 0.6 is 0 Å². The minimum atomic E-state index is -3.58. The zero-order valence-electron chi connectivity index (χ0n) is 13.1. The molecule has 0 saturated carbocycles. The Balaban J connectivity index is 2.14. The average molecular weight is 365 g/mol. The lowest BCUT2D eigenvalue weighted by molar-refractivity contribution is 0.209. The average Bonchev–Trinajstić information content (AvgIpc) is 2.85. The van der Waals surface area contributed by atoms with Gasteiger partial charge < -0.3 is 5.11 Å². The molecule has 2 N–H and O–H groups in total. The quantitative estimate of drug-likeness (QED) is 0.676. The highest BCUT2D eigenvalue weighted by molar-refractivity contribution is 7.90. The van der Waals surface area contributed by atoms with Gasteiger partial charge in [-0.05, 0) is 12.1 Å². The molecule has 0 fully saturated rings. The number of anilines is 1. The third-order valence-electron chi connectivity index (χ3n) is 3.37. The molecule has 0 unspecified atom stereocenters. The minimum absolute atomic E-state index is 0.188. The molecular weight excluding hydrogens is 353 g/mol. The summed E-state index contributed by atoms with van der Waals surface area (Å²) in [4.78, 5) is 18.4. The second-order valence-electron chi connectivity index (χ2n) is 5.26. The van der Waals surface area contributed by atoms with E-state index in [9.17, 15) is 17.6 Å². The summed E-state index contributed by atoms with van der Waals surface area (Å²) in [6, 6.07) is 3.88. The van der Waals surface area contributed by atoms with Crippen molar-refractivity contribution in [2.75, 3.05) is 11.6 Å². The van der Waals surface area contributed by atoms with Crippen LogP contribution in [0.1, 0.15) is 0 Å². The van der Waals surface area contributed by atoms with Crippen molar-refractivity contribution < 1.29 is 22.7 Å². The molecule has 0 radical (unpaired) electrons. The zero-order valence-corrected chi connectivity index (χ0v) is 13.9. The summed E-state index contributed by atoms with van der Waals surface area (Å²) < 4.78 is 38.6. The van der Waals surface area contributed by atoms with Crippen molar-refractivity contribution in [2.45, 2.75) is 5.16 Å². The number of aryl methyl sites for hydroxylation is 1. The van der Waals surface area contributed by atoms with Crippen molar-refractivity contribution in [1.82, 2.24) is 19.7 Å². The van der Waals surface area contributed by atoms with Crippen LogP contribution in [-0.2, 0) is 16.9 Å². The molecule has 0 spiro atoms. The summed E-state index contributed by atoms with van der Waals surface area (Å²) >= 11 is 0. The Kier molecular flexibility index (Phi) is 3.87. The summed E-state index contributed by atoms with van der Waals surface area (Å²) in [5, 5.41) is 14.9. The van der Waals surface area contributed by atoms with Gasteiger partial charge in [0.05, 0.1) is 11.1 Å². The highest BCUT2D eigenvalue weighted by Gasteiger charge is 2.18. The summed E-state index contributed by atoms with van der Waals surface area (Å²) in [6.07, 6.45) is 0.925. The third kappa shape index (κ3) is 3.13. The second-order valence-corrected chi connectivity index (χ2v) is 7.17. The van der Waals surface area contributed by atoms with Gasteiger partial charge in [0, 0.05) is 25.1 Å². The van der Waals surface area contributed by atoms with Gasteiger partial charge in [0.1, 0.15) is 11.5 Å². The van der Waals surface area contributed by atoms with E-state index in [2.05, 4.69) is 15.1 Å². The number of nitrogens with zero attached hydrogens (tertiary/aromatic N) is 4. The maximum atomic E-state index is 14.1. The van der Waals surface area contributed by atoms with E-state index in [1.807, 2.05) is 5.32 Å². The highest BCUT2D eigenvalue weighted by Crippen LogP contribution is 2.29. The van der Waals surface area contributed by atoms with Crippen molar-refractivity contribution in [1.29, 1.82) is 0 Å². The monoisotopic (exact) mass is 365 g/mol. The van der Waals surface area contributed by atoms with Gasteiger partial charge >= 0.3 is 6.09 Å². The van der Waals surface area contributed by atoms with Crippen LogP contribution in [0.4, 0.5) is 14.9 Å². The summed E-state index contributed by atoms with van der Waals surface area (Å²) in [5.74, 6) is -0.771. The number of fused-ring (bicyclic) bond motifs is 1. The molecule has 9 nitrogen and oxygen atoms in total. The first-order chi connectivity index (χ1) is 11.7. The first kappa shape index (κ1) is 16.8.